The van der Waals surface area contributed by atoms with Gasteiger partial charge in [-0.05, 0) is 49.6 Å². The summed E-state index contributed by atoms with van der Waals surface area (Å²) in [7, 11) is 0. The molecule has 0 unspecified atom stereocenters. The predicted octanol–water partition coefficient (Wildman–Crippen LogP) is 4.70. The molecule has 0 saturated heterocycles. The van der Waals surface area contributed by atoms with Gasteiger partial charge >= 0.3 is 5.63 Å². The second-order valence-electron chi connectivity index (χ2n) is 7.59. The van der Waals surface area contributed by atoms with E-state index in [4.69, 9.17) is 4.42 Å². The molecule has 2 amide bonds. The third-order valence-electron chi connectivity index (χ3n) is 4.98. The van der Waals surface area contributed by atoms with Gasteiger partial charge in [0.05, 0.1) is 0 Å². The van der Waals surface area contributed by atoms with Crippen molar-refractivity contribution in [3.63, 3.8) is 0 Å². The molecule has 2 aromatic carbocycles. The van der Waals surface area contributed by atoms with Crippen molar-refractivity contribution in [2.24, 2.45) is 0 Å². The molecule has 3 rings (SSSR count). The van der Waals surface area contributed by atoms with Crippen molar-refractivity contribution in [3.8, 4) is 0 Å². The average molecular weight is 442 g/mol. The van der Waals surface area contributed by atoms with Crippen molar-refractivity contribution < 1.29 is 22.8 Å². The highest BCUT2D eigenvalue weighted by atomic mass is 19.1. The number of halogens is 2. The molecule has 3 aromatic rings. The molecule has 0 spiro atoms. The Kier molecular flexibility index (Phi) is 7.70. The molecule has 0 radical (unpaired) electrons. The minimum atomic E-state index is -0.795. The van der Waals surface area contributed by atoms with E-state index in [0.29, 0.717) is 43.1 Å². The molecule has 0 bridgehead atoms. The third kappa shape index (κ3) is 6.47. The van der Waals surface area contributed by atoms with Crippen LogP contribution in [0.3, 0.4) is 0 Å². The molecular formula is C24H24F2N2O4. The molecule has 32 heavy (non-hydrogen) atoms. The number of hydrogen-bond donors (Lipinski definition) is 2. The Hall–Kier alpha value is -3.55. The Balaban J connectivity index is 1.34. The SMILES string of the molecule is Cc1cc(=O)oc2cc(NC(=O)CCCCCCNC(=O)c3cc(F)cc(F)c3)ccc12. The normalized spacial score (nSPS) is 10.8. The summed E-state index contributed by atoms with van der Waals surface area (Å²) in [6, 6.07) is 9.31. The molecule has 0 fully saturated rings. The van der Waals surface area contributed by atoms with Crippen molar-refractivity contribution in [2.75, 3.05) is 11.9 Å². The third-order valence-corrected chi connectivity index (χ3v) is 4.98. The molecule has 1 heterocycles. The van der Waals surface area contributed by atoms with E-state index in [0.717, 1.165) is 35.9 Å². The maximum absolute atomic E-state index is 13.1. The molecule has 8 heteroatoms. The molecule has 0 saturated carbocycles. The summed E-state index contributed by atoms with van der Waals surface area (Å²) < 4.78 is 31.5. The smallest absolute Gasteiger partial charge is 0.336 e. The van der Waals surface area contributed by atoms with Crippen molar-refractivity contribution in [3.05, 3.63) is 75.6 Å². The number of anilines is 1. The van der Waals surface area contributed by atoms with Gasteiger partial charge < -0.3 is 15.1 Å². The van der Waals surface area contributed by atoms with E-state index in [1.54, 1.807) is 18.2 Å². The highest BCUT2D eigenvalue weighted by molar-refractivity contribution is 5.94. The summed E-state index contributed by atoms with van der Waals surface area (Å²) in [5.74, 6) is -2.25. The molecule has 0 aliphatic heterocycles. The van der Waals surface area contributed by atoms with Gasteiger partial charge in [-0.15, -0.1) is 0 Å². The highest BCUT2D eigenvalue weighted by Gasteiger charge is 2.09. The fourth-order valence-corrected chi connectivity index (χ4v) is 3.38. The molecule has 168 valence electrons. The first-order chi connectivity index (χ1) is 15.3. The van der Waals surface area contributed by atoms with Gasteiger partial charge in [0.15, 0.2) is 0 Å². The lowest BCUT2D eigenvalue weighted by atomic mass is 10.1. The van der Waals surface area contributed by atoms with E-state index in [-0.39, 0.29) is 11.5 Å². The number of carbonyl (C=O) groups is 2. The van der Waals surface area contributed by atoms with Crippen LogP contribution in [0.15, 0.2) is 51.7 Å². The van der Waals surface area contributed by atoms with Crippen molar-refractivity contribution in [2.45, 2.75) is 39.0 Å². The Morgan fingerprint density at radius 2 is 1.66 bits per heavy atom. The van der Waals surface area contributed by atoms with Crippen LogP contribution in [0, 0.1) is 18.6 Å². The molecule has 0 atom stereocenters. The Morgan fingerprint density at radius 1 is 0.938 bits per heavy atom. The summed E-state index contributed by atoms with van der Waals surface area (Å²) in [6.07, 6.45) is 3.30. The van der Waals surface area contributed by atoms with Gasteiger partial charge in [0.2, 0.25) is 5.91 Å². The number of amides is 2. The fraction of sp³-hybridized carbons (Fsp3) is 0.292. The van der Waals surface area contributed by atoms with Crippen LogP contribution in [0.5, 0.6) is 0 Å². The fourth-order valence-electron chi connectivity index (χ4n) is 3.38. The lowest BCUT2D eigenvalue weighted by Gasteiger charge is -2.08. The standard InChI is InChI=1S/C24H24F2N2O4/c1-15-10-23(30)32-21-14-19(7-8-20(15)21)28-22(29)6-4-2-3-5-9-27-24(31)16-11-17(25)13-18(26)12-16/h7-8,10-14H,2-6,9H2,1H3,(H,27,31)(H,28,29). The molecule has 6 nitrogen and oxygen atoms in total. The number of carbonyl (C=O) groups excluding carboxylic acids is 2. The van der Waals surface area contributed by atoms with Crippen molar-refractivity contribution >= 4 is 28.5 Å². The zero-order chi connectivity index (χ0) is 23.1. The highest BCUT2D eigenvalue weighted by Crippen LogP contribution is 2.21. The molecular weight excluding hydrogens is 418 g/mol. The summed E-state index contributed by atoms with van der Waals surface area (Å²) in [6.45, 7) is 2.20. The first kappa shape index (κ1) is 23.1. The molecule has 1 aromatic heterocycles. The van der Waals surface area contributed by atoms with Gasteiger partial charge in [0, 0.05) is 47.8 Å². The number of aryl methyl sites for hydroxylation is 1. The summed E-state index contributed by atoms with van der Waals surface area (Å²) in [5, 5.41) is 6.24. The molecule has 2 N–H and O–H groups in total. The first-order valence-electron chi connectivity index (χ1n) is 10.4. The number of nitrogens with one attached hydrogen (secondary N) is 2. The van der Waals surface area contributed by atoms with E-state index in [1.165, 1.54) is 6.07 Å². The van der Waals surface area contributed by atoms with E-state index < -0.39 is 23.2 Å². The van der Waals surface area contributed by atoms with Gasteiger partial charge in [0.25, 0.3) is 5.91 Å². The lowest BCUT2D eigenvalue weighted by molar-refractivity contribution is -0.116. The quantitative estimate of drug-likeness (QED) is 0.371. The first-order valence-corrected chi connectivity index (χ1v) is 10.4. The van der Waals surface area contributed by atoms with Gasteiger partial charge in [-0.3, -0.25) is 9.59 Å². The maximum Gasteiger partial charge on any atom is 0.336 e. The van der Waals surface area contributed by atoms with E-state index in [9.17, 15) is 23.2 Å². The monoisotopic (exact) mass is 442 g/mol. The van der Waals surface area contributed by atoms with Crippen LogP contribution in [0.1, 0.15) is 48.0 Å². The second kappa shape index (κ2) is 10.7. The number of hydrogen-bond acceptors (Lipinski definition) is 4. The average Bonchev–Trinajstić information content (AvgIpc) is 2.71. The minimum Gasteiger partial charge on any atom is -0.423 e. The Bertz CT molecular complexity index is 1170. The van der Waals surface area contributed by atoms with Crippen LogP contribution in [0.2, 0.25) is 0 Å². The maximum atomic E-state index is 13.1. The topological polar surface area (TPSA) is 88.4 Å². The summed E-state index contributed by atoms with van der Waals surface area (Å²) in [4.78, 5) is 35.6. The Morgan fingerprint density at radius 3 is 2.41 bits per heavy atom. The van der Waals surface area contributed by atoms with Crippen molar-refractivity contribution in [1.82, 2.24) is 5.32 Å². The van der Waals surface area contributed by atoms with E-state index >= 15 is 0 Å². The number of fused-ring (bicyclic) bond motifs is 1. The predicted molar refractivity (Wildman–Crippen MR) is 118 cm³/mol. The zero-order valence-electron chi connectivity index (χ0n) is 17.7. The van der Waals surface area contributed by atoms with Crippen LogP contribution in [0.4, 0.5) is 14.5 Å². The van der Waals surface area contributed by atoms with E-state index in [1.807, 2.05) is 6.92 Å². The second-order valence-corrected chi connectivity index (χ2v) is 7.59. The van der Waals surface area contributed by atoms with Gasteiger partial charge in [-0.25, -0.2) is 13.6 Å². The van der Waals surface area contributed by atoms with E-state index in [2.05, 4.69) is 10.6 Å². The summed E-state index contributed by atoms with van der Waals surface area (Å²) >= 11 is 0. The van der Waals surface area contributed by atoms with Gasteiger partial charge in [0.1, 0.15) is 17.2 Å². The van der Waals surface area contributed by atoms with Crippen LogP contribution in [-0.2, 0) is 4.79 Å². The van der Waals surface area contributed by atoms with Crippen LogP contribution >= 0.6 is 0 Å². The van der Waals surface area contributed by atoms with Crippen molar-refractivity contribution in [1.29, 1.82) is 0 Å². The van der Waals surface area contributed by atoms with Gasteiger partial charge in [-0.2, -0.15) is 0 Å². The molecule has 0 aliphatic carbocycles. The number of rotatable bonds is 9. The summed E-state index contributed by atoms with van der Waals surface area (Å²) in [5.41, 5.74) is 1.32. The number of unbranched alkanes of at least 4 members (excludes halogenated alkanes) is 3. The van der Waals surface area contributed by atoms with Crippen LogP contribution < -0.4 is 16.3 Å². The van der Waals surface area contributed by atoms with Crippen LogP contribution in [-0.4, -0.2) is 18.4 Å². The number of benzene rings is 2. The van der Waals surface area contributed by atoms with Crippen LogP contribution in [0.25, 0.3) is 11.0 Å². The van der Waals surface area contributed by atoms with Gasteiger partial charge in [-0.1, -0.05) is 12.8 Å². The Labute approximate surface area is 183 Å². The minimum absolute atomic E-state index is 0.0534. The molecule has 0 aliphatic rings. The lowest BCUT2D eigenvalue weighted by Crippen LogP contribution is -2.24. The largest absolute Gasteiger partial charge is 0.423 e. The zero-order valence-corrected chi connectivity index (χ0v) is 17.7.